The van der Waals surface area contributed by atoms with Crippen LogP contribution in [-0.2, 0) is 36.7 Å². The molecule has 0 aliphatic rings. The highest BCUT2D eigenvalue weighted by molar-refractivity contribution is 7.98. The van der Waals surface area contributed by atoms with Crippen LogP contribution in [0.1, 0.15) is 30.1 Å². The number of fused-ring (bicyclic) bond motifs is 1. The molecule has 0 saturated heterocycles. The van der Waals surface area contributed by atoms with Gasteiger partial charge in [-0.1, -0.05) is 17.3 Å². The van der Waals surface area contributed by atoms with Crippen LogP contribution in [0.15, 0.2) is 53.0 Å². The van der Waals surface area contributed by atoms with E-state index < -0.39 is 28.0 Å². The first-order valence-electron chi connectivity index (χ1n) is 12.6. The summed E-state index contributed by atoms with van der Waals surface area (Å²) in [5.41, 5.74) is 1.76. The van der Waals surface area contributed by atoms with Gasteiger partial charge in [0.05, 0.1) is 29.4 Å². The molecule has 4 N–H and O–H groups in total. The molecule has 0 spiro atoms. The van der Waals surface area contributed by atoms with Gasteiger partial charge in [0.2, 0.25) is 4.34 Å². The van der Waals surface area contributed by atoms with Gasteiger partial charge < -0.3 is 19.7 Å². The first-order chi connectivity index (χ1) is 20.1. The van der Waals surface area contributed by atoms with Crippen molar-refractivity contribution in [3.8, 4) is 11.5 Å². The topological polar surface area (TPSA) is 197 Å². The number of aromatic hydroxyl groups is 1. The number of carbonyl (C=O) groups is 2. The highest BCUT2D eigenvalue weighted by atomic mass is 32.2. The Morgan fingerprint density at radius 2 is 2.02 bits per heavy atom. The number of carbonyl (C=O) groups excluding carboxylic acids is 2. The number of ether oxygens (including phenoxy) is 2. The molecule has 16 heteroatoms. The van der Waals surface area contributed by atoms with Crippen LogP contribution in [-0.4, -0.2) is 69.8 Å². The van der Waals surface area contributed by atoms with Crippen molar-refractivity contribution < 1.29 is 37.7 Å². The normalized spacial score (nSPS) is 13.1. The number of aliphatic hydroxyl groups excluding tert-OH is 1. The van der Waals surface area contributed by atoms with Gasteiger partial charge in [-0.3, -0.25) is 9.59 Å². The Morgan fingerprint density at radius 1 is 1.21 bits per heavy atom. The van der Waals surface area contributed by atoms with Crippen molar-refractivity contribution in [3.05, 3.63) is 59.9 Å². The summed E-state index contributed by atoms with van der Waals surface area (Å²) in [5.74, 6) is -0.0999. The van der Waals surface area contributed by atoms with E-state index in [0.29, 0.717) is 33.2 Å². The lowest BCUT2D eigenvalue weighted by Crippen LogP contribution is -2.28. The molecule has 0 fully saturated rings. The maximum absolute atomic E-state index is 13.3. The van der Waals surface area contributed by atoms with Crippen LogP contribution in [0.25, 0.3) is 10.2 Å². The number of benzene rings is 2. The Morgan fingerprint density at radius 3 is 2.74 bits per heavy atom. The third-order valence-electron chi connectivity index (χ3n) is 6.10. The number of thiazole rings is 1. The van der Waals surface area contributed by atoms with Crippen molar-refractivity contribution in [2.45, 2.75) is 35.6 Å². The average molecular weight is 636 g/mol. The molecule has 0 saturated carbocycles. The number of primary sulfonamides is 1. The summed E-state index contributed by atoms with van der Waals surface area (Å²) >= 11 is 2.36. The molecule has 0 radical (unpaired) electrons. The number of hydrogen-bond acceptors (Lipinski definition) is 13. The number of sulfonamides is 1. The molecule has 224 valence electrons. The van der Waals surface area contributed by atoms with Crippen molar-refractivity contribution in [2.75, 3.05) is 19.5 Å². The monoisotopic (exact) mass is 635 g/mol. The van der Waals surface area contributed by atoms with Gasteiger partial charge in [-0.05, 0) is 35.9 Å². The lowest BCUT2D eigenvalue weighted by Gasteiger charge is -2.18. The Kier molecular flexibility index (Phi) is 10.5. The first kappa shape index (κ1) is 31.4. The second-order valence-corrected chi connectivity index (χ2v) is 13.0. The van der Waals surface area contributed by atoms with Gasteiger partial charge in [0.1, 0.15) is 29.8 Å². The van der Waals surface area contributed by atoms with Crippen LogP contribution in [0.3, 0.4) is 0 Å². The number of phenols is 1. The summed E-state index contributed by atoms with van der Waals surface area (Å²) in [6.45, 7) is -0.282. The van der Waals surface area contributed by atoms with E-state index in [9.17, 15) is 28.2 Å². The number of nitrogens with two attached hydrogens (primary N) is 1. The number of ketones is 1. The van der Waals surface area contributed by atoms with E-state index in [4.69, 9.17) is 14.6 Å². The number of phenolic OH excluding ortho intramolecular Hbond substituents is 1. The number of thioether (sulfide) groups is 1. The largest absolute Gasteiger partial charge is 0.508 e. The number of methoxy groups -OCH3 is 1. The summed E-state index contributed by atoms with van der Waals surface area (Å²) in [4.78, 5) is 29.7. The molecule has 4 rings (SSSR count). The molecule has 2 aromatic carbocycles. The van der Waals surface area contributed by atoms with Crippen molar-refractivity contribution in [1.82, 2.24) is 20.0 Å². The zero-order chi connectivity index (χ0) is 30.3. The average Bonchev–Trinajstić information content (AvgIpc) is 3.61. The molecular weight excluding hydrogens is 607 g/mol. The fraction of sp³-hybridized carbons (Fsp3) is 0.346. The second-order valence-electron chi connectivity index (χ2n) is 9.24. The summed E-state index contributed by atoms with van der Waals surface area (Å²) in [5, 5.41) is 32.5. The minimum absolute atomic E-state index is 0.00283. The van der Waals surface area contributed by atoms with Gasteiger partial charge >= 0.3 is 5.97 Å². The summed E-state index contributed by atoms with van der Waals surface area (Å²) in [7, 11) is -2.65. The number of rotatable bonds is 15. The predicted octanol–water partition coefficient (Wildman–Crippen LogP) is 2.43. The number of esters is 1. The van der Waals surface area contributed by atoms with E-state index in [1.807, 2.05) is 6.07 Å². The lowest BCUT2D eigenvalue weighted by molar-refractivity contribution is -0.146. The Hall–Kier alpha value is -3.57. The van der Waals surface area contributed by atoms with E-state index in [0.717, 1.165) is 16.9 Å². The standard InChI is InChI=1S/C26H29N5O8S3/c1-38-25(35)17(15-40-14-16-3-2-4-19(33)9-16)10-23(34)22(7-8-32)31-12-18(29-30-31)13-39-20-5-6-21-24(11-20)41-26(28-21)42(27,36)37/h2-6,9,11-12,17,22,32-33H,7-8,10,13-15H2,1H3,(H2,27,36,37)/t17-,22+/m1/s1. The fourth-order valence-electron chi connectivity index (χ4n) is 4.07. The van der Waals surface area contributed by atoms with E-state index in [1.54, 1.807) is 36.4 Å². The third-order valence-corrected chi connectivity index (χ3v) is 9.62. The molecule has 2 heterocycles. The van der Waals surface area contributed by atoms with Gasteiger partial charge in [0, 0.05) is 31.0 Å². The van der Waals surface area contributed by atoms with E-state index >= 15 is 0 Å². The van der Waals surface area contributed by atoms with Crippen molar-refractivity contribution >= 4 is 55.1 Å². The molecule has 2 atom stereocenters. The molecular formula is C26H29N5O8S3. The molecule has 42 heavy (non-hydrogen) atoms. The van der Waals surface area contributed by atoms with E-state index in [1.165, 1.54) is 29.8 Å². The Bertz CT molecular complexity index is 1660. The summed E-state index contributed by atoms with van der Waals surface area (Å²) in [6, 6.07) is 10.8. The molecule has 0 unspecified atom stereocenters. The van der Waals surface area contributed by atoms with Gasteiger partial charge in [-0.15, -0.1) is 16.4 Å². The van der Waals surface area contributed by atoms with Crippen molar-refractivity contribution in [1.29, 1.82) is 0 Å². The molecule has 0 aliphatic heterocycles. The zero-order valence-electron chi connectivity index (χ0n) is 22.5. The fourth-order valence-corrected chi connectivity index (χ4v) is 6.83. The van der Waals surface area contributed by atoms with Gasteiger partial charge in [-0.2, -0.15) is 11.8 Å². The SMILES string of the molecule is COC(=O)[C@@H](CSCc1cccc(O)c1)CC(=O)[C@H](CCO)n1cc(COc2ccc3nc(S(N)(=O)=O)sc3c2)nn1. The number of nitrogens with zero attached hydrogens (tertiary/aromatic N) is 4. The number of aromatic nitrogens is 4. The third kappa shape index (κ3) is 8.25. The van der Waals surface area contributed by atoms with E-state index in [-0.39, 0.29) is 41.9 Å². The van der Waals surface area contributed by atoms with Gasteiger partial charge in [-0.25, -0.2) is 23.2 Å². The van der Waals surface area contributed by atoms with Crippen LogP contribution >= 0.6 is 23.1 Å². The maximum atomic E-state index is 13.3. The number of aliphatic hydroxyl groups is 1. The van der Waals surface area contributed by atoms with Crippen molar-refractivity contribution in [2.24, 2.45) is 11.1 Å². The predicted molar refractivity (Wildman–Crippen MR) is 155 cm³/mol. The highest BCUT2D eigenvalue weighted by Crippen LogP contribution is 2.29. The number of hydrogen-bond donors (Lipinski definition) is 3. The molecule has 0 bridgehead atoms. The first-order valence-corrected chi connectivity index (χ1v) is 16.1. The minimum atomic E-state index is -3.92. The zero-order valence-corrected chi connectivity index (χ0v) is 24.9. The van der Waals surface area contributed by atoms with Crippen LogP contribution in [0.2, 0.25) is 0 Å². The maximum Gasteiger partial charge on any atom is 0.309 e. The van der Waals surface area contributed by atoms with Crippen LogP contribution in [0.5, 0.6) is 11.5 Å². The molecule has 0 aliphatic carbocycles. The molecule has 2 aromatic heterocycles. The minimum Gasteiger partial charge on any atom is -0.508 e. The Labute approximate surface area is 249 Å². The number of Topliss-reactive ketones (excluding diaryl/α,β-unsaturated/α-hetero) is 1. The molecule has 0 amide bonds. The Balaban J connectivity index is 1.38. The van der Waals surface area contributed by atoms with Crippen LogP contribution < -0.4 is 9.88 Å². The van der Waals surface area contributed by atoms with E-state index in [2.05, 4.69) is 15.3 Å². The summed E-state index contributed by atoms with van der Waals surface area (Å²) in [6.07, 6.45) is 1.49. The smallest absolute Gasteiger partial charge is 0.309 e. The molecule has 13 nitrogen and oxygen atoms in total. The highest BCUT2D eigenvalue weighted by Gasteiger charge is 2.29. The van der Waals surface area contributed by atoms with Gasteiger partial charge in [0.25, 0.3) is 10.0 Å². The van der Waals surface area contributed by atoms with Crippen molar-refractivity contribution in [3.63, 3.8) is 0 Å². The molecule has 4 aromatic rings. The summed E-state index contributed by atoms with van der Waals surface area (Å²) < 4.78 is 35.6. The van der Waals surface area contributed by atoms with Gasteiger partial charge in [0.15, 0.2) is 5.78 Å². The second kappa shape index (κ2) is 14.1. The lowest BCUT2D eigenvalue weighted by atomic mass is 9.98. The van der Waals surface area contributed by atoms with Crippen LogP contribution in [0.4, 0.5) is 0 Å². The van der Waals surface area contributed by atoms with Crippen LogP contribution in [0, 0.1) is 5.92 Å². The quantitative estimate of drug-likeness (QED) is 0.162.